The second-order valence-electron chi connectivity index (χ2n) is 4.65. The third kappa shape index (κ3) is 2.51. The number of halogens is 1. The molecule has 1 aromatic carbocycles. The average Bonchev–Trinajstić information content (AvgIpc) is 2.53. The van der Waals surface area contributed by atoms with Crippen LogP contribution < -0.4 is 5.32 Å². The maximum Gasteiger partial charge on any atom is 0.131 e. The van der Waals surface area contributed by atoms with Crippen LogP contribution in [0, 0.1) is 20.8 Å². The van der Waals surface area contributed by atoms with E-state index in [2.05, 4.69) is 42.5 Å². The first kappa shape index (κ1) is 13.0. The quantitative estimate of drug-likeness (QED) is 0.917. The van der Waals surface area contributed by atoms with E-state index in [0.717, 1.165) is 16.9 Å². The molecule has 1 N–H and O–H groups in total. The summed E-state index contributed by atoms with van der Waals surface area (Å²) in [6.07, 6.45) is 0. The summed E-state index contributed by atoms with van der Waals surface area (Å²) in [7, 11) is 1.86. The number of benzene rings is 1. The van der Waals surface area contributed by atoms with Gasteiger partial charge in [-0.3, -0.25) is 4.68 Å². The van der Waals surface area contributed by atoms with E-state index >= 15 is 0 Å². The molecule has 0 aliphatic heterocycles. The van der Waals surface area contributed by atoms with E-state index in [-0.39, 0.29) is 0 Å². The first-order valence-corrected chi connectivity index (χ1v) is 6.36. The Bertz CT molecular complexity index is 573. The lowest BCUT2D eigenvalue weighted by Crippen LogP contribution is -2.02. The molecule has 4 heteroatoms. The van der Waals surface area contributed by atoms with Gasteiger partial charge in [0, 0.05) is 24.8 Å². The van der Waals surface area contributed by atoms with Gasteiger partial charge in [0.15, 0.2) is 0 Å². The molecular weight excluding hydrogens is 246 g/mol. The SMILES string of the molecule is Cc1ccc(NCc2c(C)nn(C)c2Cl)c(C)c1. The Labute approximate surface area is 113 Å². The molecule has 0 saturated heterocycles. The maximum absolute atomic E-state index is 6.21. The summed E-state index contributed by atoms with van der Waals surface area (Å²) >= 11 is 6.21. The molecule has 1 heterocycles. The van der Waals surface area contributed by atoms with E-state index < -0.39 is 0 Å². The Morgan fingerprint density at radius 3 is 2.56 bits per heavy atom. The van der Waals surface area contributed by atoms with Gasteiger partial charge in [0.05, 0.1) is 5.69 Å². The van der Waals surface area contributed by atoms with Gasteiger partial charge in [0.25, 0.3) is 0 Å². The molecule has 2 rings (SSSR count). The first-order chi connectivity index (χ1) is 8.49. The van der Waals surface area contributed by atoms with Crippen molar-refractivity contribution in [3.05, 3.63) is 45.7 Å². The van der Waals surface area contributed by atoms with Crippen LogP contribution in [0.2, 0.25) is 5.15 Å². The van der Waals surface area contributed by atoms with Gasteiger partial charge in [-0.1, -0.05) is 29.3 Å². The van der Waals surface area contributed by atoms with Crippen molar-refractivity contribution in [1.29, 1.82) is 0 Å². The van der Waals surface area contributed by atoms with Gasteiger partial charge >= 0.3 is 0 Å². The molecule has 0 bridgehead atoms. The first-order valence-electron chi connectivity index (χ1n) is 5.98. The fourth-order valence-electron chi connectivity index (χ4n) is 2.07. The van der Waals surface area contributed by atoms with Crippen molar-refractivity contribution < 1.29 is 0 Å². The third-order valence-electron chi connectivity index (χ3n) is 3.11. The molecule has 0 saturated carbocycles. The van der Waals surface area contributed by atoms with Crippen LogP contribution in [-0.4, -0.2) is 9.78 Å². The van der Waals surface area contributed by atoms with E-state index in [9.17, 15) is 0 Å². The summed E-state index contributed by atoms with van der Waals surface area (Å²) < 4.78 is 1.70. The lowest BCUT2D eigenvalue weighted by atomic mass is 10.1. The highest BCUT2D eigenvalue weighted by atomic mass is 35.5. The van der Waals surface area contributed by atoms with Crippen LogP contribution in [0.15, 0.2) is 18.2 Å². The van der Waals surface area contributed by atoms with E-state index in [4.69, 9.17) is 11.6 Å². The molecule has 0 amide bonds. The largest absolute Gasteiger partial charge is 0.381 e. The van der Waals surface area contributed by atoms with E-state index in [1.807, 2.05) is 14.0 Å². The fourth-order valence-corrected chi connectivity index (χ4v) is 2.31. The number of hydrogen-bond donors (Lipinski definition) is 1. The number of nitrogens with zero attached hydrogens (tertiary/aromatic N) is 2. The molecule has 2 aromatic rings. The Morgan fingerprint density at radius 1 is 1.28 bits per heavy atom. The summed E-state index contributed by atoms with van der Waals surface area (Å²) in [5, 5.41) is 8.42. The van der Waals surface area contributed by atoms with Crippen LogP contribution in [0.4, 0.5) is 5.69 Å². The van der Waals surface area contributed by atoms with Crippen molar-refractivity contribution in [3.63, 3.8) is 0 Å². The number of nitrogens with one attached hydrogen (secondary N) is 1. The van der Waals surface area contributed by atoms with Crippen molar-refractivity contribution >= 4 is 17.3 Å². The minimum absolute atomic E-state index is 0.697. The standard InChI is InChI=1S/C14H18ClN3/c1-9-5-6-13(10(2)7-9)16-8-12-11(3)17-18(4)14(12)15/h5-7,16H,8H2,1-4H3. The van der Waals surface area contributed by atoms with Gasteiger partial charge in [0.2, 0.25) is 0 Å². The number of aryl methyl sites for hydroxylation is 4. The van der Waals surface area contributed by atoms with Crippen LogP contribution in [0.5, 0.6) is 0 Å². The van der Waals surface area contributed by atoms with Crippen molar-refractivity contribution in [2.45, 2.75) is 27.3 Å². The zero-order valence-corrected chi connectivity index (χ0v) is 12.0. The van der Waals surface area contributed by atoms with Gasteiger partial charge in [-0.25, -0.2) is 0 Å². The maximum atomic E-state index is 6.21. The van der Waals surface area contributed by atoms with Gasteiger partial charge in [-0.2, -0.15) is 5.10 Å². The Balaban J connectivity index is 2.16. The summed E-state index contributed by atoms with van der Waals surface area (Å²) in [4.78, 5) is 0. The van der Waals surface area contributed by atoms with Gasteiger partial charge < -0.3 is 5.32 Å². The van der Waals surface area contributed by atoms with Crippen molar-refractivity contribution in [2.75, 3.05) is 5.32 Å². The van der Waals surface area contributed by atoms with Crippen LogP contribution in [0.3, 0.4) is 0 Å². The van der Waals surface area contributed by atoms with E-state index in [0.29, 0.717) is 11.7 Å². The van der Waals surface area contributed by atoms with Gasteiger partial charge in [-0.15, -0.1) is 0 Å². The Kier molecular flexibility index (Phi) is 3.62. The summed E-state index contributed by atoms with van der Waals surface area (Å²) in [5.74, 6) is 0. The normalized spacial score (nSPS) is 10.7. The Morgan fingerprint density at radius 2 is 2.00 bits per heavy atom. The van der Waals surface area contributed by atoms with E-state index in [1.165, 1.54) is 11.1 Å². The summed E-state index contributed by atoms with van der Waals surface area (Å²) in [5.41, 5.74) is 5.68. The number of rotatable bonds is 3. The topological polar surface area (TPSA) is 29.9 Å². The lowest BCUT2D eigenvalue weighted by molar-refractivity contribution is 0.757. The van der Waals surface area contributed by atoms with E-state index in [1.54, 1.807) is 4.68 Å². The molecule has 0 aliphatic carbocycles. The van der Waals surface area contributed by atoms with Crippen molar-refractivity contribution in [1.82, 2.24) is 9.78 Å². The van der Waals surface area contributed by atoms with Crippen LogP contribution in [0.1, 0.15) is 22.4 Å². The third-order valence-corrected chi connectivity index (χ3v) is 3.58. The molecule has 3 nitrogen and oxygen atoms in total. The highest BCUT2D eigenvalue weighted by molar-refractivity contribution is 6.30. The number of hydrogen-bond acceptors (Lipinski definition) is 2. The predicted molar refractivity (Wildman–Crippen MR) is 76.2 cm³/mol. The van der Waals surface area contributed by atoms with Crippen molar-refractivity contribution in [3.8, 4) is 0 Å². The molecule has 0 unspecified atom stereocenters. The zero-order chi connectivity index (χ0) is 13.3. The van der Waals surface area contributed by atoms with Crippen molar-refractivity contribution in [2.24, 2.45) is 7.05 Å². The number of aromatic nitrogens is 2. The van der Waals surface area contributed by atoms with Crippen LogP contribution >= 0.6 is 11.6 Å². The lowest BCUT2D eigenvalue weighted by Gasteiger charge is -2.10. The smallest absolute Gasteiger partial charge is 0.131 e. The van der Waals surface area contributed by atoms with Gasteiger partial charge in [-0.05, 0) is 32.4 Å². The Hall–Kier alpha value is -1.48. The molecule has 0 fully saturated rings. The predicted octanol–water partition coefficient (Wildman–Crippen LogP) is 3.61. The summed E-state index contributed by atoms with van der Waals surface area (Å²) in [6, 6.07) is 6.37. The van der Waals surface area contributed by atoms with Crippen LogP contribution in [0.25, 0.3) is 0 Å². The summed E-state index contributed by atoms with van der Waals surface area (Å²) in [6.45, 7) is 6.87. The second-order valence-corrected chi connectivity index (χ2v) is 5.01. The minimum atomic E-state index is 0.697. The molecule has 0 atom stereocenters. The highest BCUT2D eigenvalue weighted by Crippen LogP contribution is 2.22. The minimum Gasteiger partial charge on any atom is -0.381 e. The highest BCUT2D eigenvalue weighted by Gasteiger charge is 2.10. The molecule has 0 spiro atoms. The van der Waals surface area contributed by atoms with Crippen LogP contribution in [-0.2, 0) is 13.6 Å². The molecule has 18 heavy (non-hydrogen) atoms. The average molecular weight is 264 g/mol. The zero-order valence-electron chi connectivity index (χ0n) is 11.2. The monoisotopic (exact) mass is 263 g/mol. The van der Waals surface area contributed by atoms with Gasteiger partial charge in [0.1, 0.15) is 5.15 Å². The molecule has 96 valence electrons. The number of anilines is 1. The second kappa shape index (κ2) is 5.02. The molecule has 0 aliphatic rings. The fraction of sp³-hybridized carbons (Fsp3) is 0.357. The molecule has 0 radical (unpaired) electrons. The molecule has 1 aromatic heterocycles. The molecular formula is C14H18ClN3.